The van der Waals surface area contributed by atoms with E-state index >= 15 is 0 Å². The Bertz CT molecular complexity index is 416. The van der Waals surface area contributed by atoms with E-state index in [1.165, 1.54) is 69.0 Å². The fourth-order valence-electron chi connectivity index (χ4n) is 3.29. The lowest BCUT2D eigenvalue weighted by Gasteiger charge is -2.11. The maximum Gasteiger partial charge on any atom is 0.119 e. The molecule has 0 radical (unpaired) electrons. The first-order valence-electron chi connectivity index (χ1n) is 8.77. The van der Waals surface area contributed by atoms with Crippen molar-refractivity contribution in [2.75, 3.05) is 19.0 Å². The van der Waals surface area contributed by atoms with Crippen LogP contribution in [0.2, 0.25) is 0 Å². The van der Waals surface area contributed by atoms with E-state index in [9.17, 15) is 0 Å². The van der Waals surface area contributed by atoms with Crippen LogP contribution in [0.4, 0.5) is 5.69 Å². The van der Waals surface area contributed by atoms with Crippen LogP contribution in [0.5, 0.6) is 5.75 Å². The van der Waals surface area contributed by atoms with Crippen molar-refractivity contribution in [3.05, 3.63) is 23.8 Å². The Kier molecular flexibility index (Phi) is 6.91. The number of fused-ring (bicyclic) bond motifs is 1. The molecule has 1 atom stereocenters. The van der Waals surface area contributed by atoms with Crippen LogP contribution in [-0.2, 0) is 0 Å². The van der Waals surface area contributed by atoms with Crippen molar-refractivity contribution >= 4 is 5.69 Å². The first-order chi connectivity index (χ1) is 10.3. The molecule has 0 saturated carbocycles. The molecule has 0 aliphatic carbocycles. The summed E-state index contributed by atoms with van der Waals surface area (Å²) in [4.78, 5) is 0. The lowest BCUT2D eigenvalue weighted by Crippen LogP contribution is -2.01. The van der Waals surface area contributed by atoms with Crippen LogP contribution in [-0.4, -0.2) is 13.7 Å². The number of nitrogens with one attached hydrogen (secondary N) is 1. The predicted octanol–water partition coefficient (Wildman–Crippen LogP) is 5.74. The Hall–Kier alpha value is -1.18. The minimum Gasteiger partial charge on any atom is -0.497 e. The number of rotatable bonds is 10. The third-order valence-corrected chi connectivity index (χ3v) is 4.64. The molecule has 0 saturated heterocycles. The summed E-state index contributed by atoms with van der Waals surface area (Å²) in [5.41, 5.74) is 2.76. The number of benzene rings is 1. The molecule has 1 aliphatic heterocycles. The third-order valence-electron chi connectivity index (χ3n) is 4.64. The second-order valence-corrected chi connectivity index (χ2v) is 6.29. The van der Waals surface area contributed by atoms with Gasteiger partial charge < -0.3 is 10.1 Å². The highest BCUT2D eigenvalue weighted by atomic mass is 16.5. The molecule has 0 bridgehead atoms. The van der Waals surface area contributed by atoms with Crippen molar-refractivity contribution in [2.45, 2.75) is 70.6 Å². The fourth-order valence-corrected chi connectivity index (χ4v) is 3.29. The van der Waals surface area contributed by atoms with Crippen LogP contribution in [0.15, 0.2) is 18.2 Å². The van der Waals surface area contributed by atoms with Gasteiger partial charge in [0.1, 0.15) is 5.75 Å². The van der Waals surface area contributed by atoms with Crippen molar-refractivity contribution in [1.29, 1.82) is 0 Å². The van der Waals surface area contributed by atoms with Crippen molar-refractivity contribution in [3.63, 3.8) is 0 Å². The van der Waals surface area contributed by atoms with Gasteiger partial charge in [0.15, 0.2) is 0 Å². The second-order valence-electron chi connectivity index (χ2n) is 6.29. The summed E-state index contributed by atoms with van der Waals surface area (Å²) in [6.45, 7) is 3.38. The van der Waals surface area contributed by atoms with Crippen LogP contribution < -0.4 is 10.1 Å². The van der Waals surface area contributed by atoms with Gasteiger partial charge >= 0.3 is 0 Å². The minimum atomic E-state index is 0.676. The zero-order valence-corrected chi connectivity index (χ0v) is 13.8. The third kappa shape index (κ3) is 4.94. The molecule has 1 aliphatic rings. The molecular weight excluding hydrogens is 258 g/mol. The highest BCUT2D eigenvalue weighted by molar-refractivity contribution is 5.60. The van der Waals surface area contributed by atoms with Gasteiger partial charge in [0, 0.05) is 18.2 Å². The lowest BCUT2D eigenvalue weighted by molar-refractivity contribution is 0.414. The molecule has 118 valence electrons. The molecule has 1 N–H and O–H groups in total. The zero-order chi connectivity index (χ0) is 14.9. The van der Waals surface area contributed by atoms with Gasteiger partial charge in [0.05, 0.1) is 7.11 Å². The molecule has 1 unspecified atom stereocenters. The van der Waals surface area contributed by atoms with Crippen molar-refractivity contribution in [3.8, 4) is 5.75 Å². The molecule has 0 fully saturated rings. The Morgan fingerprint density at radius 1 is 1.05 bits per heavy atom. The molecule has 2 rings (SSSR count). The average Bonchev–Trinajstić information content (AvgIpc) is 2.92. The number of methoxy groups -OCH3 is 1. The summed E-state index contributed by atoms with van der Waals surface area (Å²) in [6, 6.07) is 6.41. The van der Waals surface area contributed by atoms with Gasteiger partial charge in [-0.25, -0.2) is 0 Å². The Balaban J connectivity index is 1.65. The van der Waals surface area contributed by atoms with E-state index < -0.39 is 0 Å². The van der Waals surface area contributed by atoms with E-state index in [0.29, 0.717) is 5.92 Å². The molecule has 2 nitrogen and oxygen atoms in total. The highest BCUT2D eigenvalue weighted by Gasteiger charge is 2.21. The average molecular weight is 289 g/mol. The van der Waals surface area contributed by atoms with Gasteiger partial charge in [-0.2, -0.15) is 0 Å². The quantitative estimate of drug-likeness (QED) is 0.555. The minimum absolute atomic E-state index is 0.676. The Labute approximate surface area is 130 Å². The van der Waals surface area contributed by atoms with Gasteiger partial charge in [-0.3, -0.25) is 0 Å². The topological polar surface area (TPSA) is 21.3 Å². The molecule has 0 amide bonds. The molecule has 0 spiro atoms. The predicted molar refractivity (Wildman–Crippen MR) is 91.5 cm³/mol. The van der Waals surface area contributed by atoms with E-state index in [1.807, 2.05) is 6.07 Å². The molecule has 2 heteroatoms. The smallest absolute Gasteiger partial charge is 0.119 e. The largest absolute Gasteiger partial charge is 0.497 e. The van der Waals surface area contributed by atoms with Gasteiger partial charge in [-0.05, 0) is 30.2 Å². The van der Waals surface area contributed by atoms with Gasteiger partial charge in [-0.1, -0.05) is 58.3 Å². The Morgan fingerprint density at radius 2 is 1.76 bits per heavy atom. The maximum atomic E-state index is 5.35. The SMILES string of the molecule is CCCCCCCCCCC1CNc2ccc(OC)cc21. The van der Waals surface area contributed by atoms with Crippen LogP contribution in [0.25, 0.3) is 0 Å². The summed E-state index contributed by atoms with van der Waals surface area (Å²) >= 11 is 0. The fraction of sp³-hybridized carbons (Fsp3) is 0.684. The summed E-state index contributed by atoms with van der Waals surface area (Å²) < 4.78 is 5.35. The Morgan fingerprint density at radius 3 is 2.48 bits per heavy atom. The maximum absolute atomic E-state index is 5.35. The molecule has 21 heavy (non-hydrogen) atoms. The number of hydrogen-bond donors (Lipinski definition) is 1. The van der Waals surface area contributed by atoms with Gasteiger partial charge in [0.25, 0.3) is 0 Å². The van der Waals surface area contributed by atoms with E-state index in [2.05, 4.69) is 24.4 Å². The number of ether oxygens (including phenoxy) is 1. The second kappa shape index (κ2) is 8.96. The molecule has 0 aromatic heterocycles. The highest BCUT2D eigenvalue weighted by Crippen LogP contribution is 2.37. The van der Waals surface area contributed by atoms with Crippen molar-refractivity contribution in [2.24, 2.45) is 0 Å². The number of unbranched alkanes of at least 4 members (excludes halogenated alkanes) is 7. The summed E-state index contributed by atoms with van der Waals surface area (Å²) in [6.07, 6.45) is 12.5. The number of hydrogen-bond acceptors (Lipinski definition) is 2. The summed E-state index contributed by atoms with van der Waals surface area (Å²) in [5.74, 6) is 1.66. The number of anilines is 1. The van der Waals surface area contributed by atoms with Crippen LogP contribution >= 0.6 is 0 Å². The van der Waals surface area contributed by atoms with E-state index in [1.54, 1.807) is 7.11 Å². The van der Waals surface area contributed by atoms with Crippen LogP contribution in [0.1, 0.15) is 76.2 Å². The van der Waals surface area contributed by atoms with Crippen LogP contribution in [0, 0.1) is 0 Å². The standard InChI is InChI=1S/C19H31NO/c1-3-4-5-6-7-8-9-10-11-16-15-20-19-13-12-17(21-2)14-18(16)19/h12-14,16,20H,3-11,15H2,1-2H3. The van der Waals surface area contributed by atoms with Gasteiger partial charge in [0.2, 0.25) is 0 Å². The van der Waals surface area contributed by atoms with Crippen molar-refractivity contribution in [1.82, 2.24) is 0 Å². The van der Waals surface area contributed by atoms with Crippen LogP contribution in [0.3, 0.4) is 0 Å². The van der Waals surface area contributed by atoms with E-state index in [0.717, 1.165) is 12.3 Å². The molecular formula is C19H31NO. The molecule has 1 aromatic carbocycles. The van der Waals surface area contributed by atoms with E-state index in [-0.39, 0.29) is 0 Å². The normalized spacial score (nSPS) is 16.6. The summed E-state index contributed by atoms with van der Waals surface area (Å²) in [7, 11) is 1.75. The molecule has 1 heterocycles. The first-order valence-corrected chi connectivity index (χ1v) is 8.77. The molecule has 1 aromatic rings. The van der Waals surface area contributed by atoms with Crippen molar-refractivity contribution < 1.29 is 4.74 Å². The lowest BCUT2D eigenvalue weighted by atomic mass is 9.94. The van der Waals surface area contributed by atoms with Gasteiger partial charge in [-0.15, -0.1) is 0 Å². The first kappa shape index (κ1) is 16.2. The zero-order valence-electron chi connectivity index (χ0n) is 13.8. The summed E-state index contributed by atoms with van der Waals surface area (Å²) in [5, 5.41) is 3.52. The van der Waals surface area contributed by atoms with E-state index in [4.69, 9.17) is 4.74 Å². The monoisotopic (exact) mass is 289 g/mol.